The van der Waals surface area contributed by atoms with Gasteiger partial charge >= 0.3 is 5.97 Å². The van der Waals surface area contributed by atoms with Crippen LogP contribution in [0.1, 0.15) is 27.2 Å². The number of benzene rings is 2. The molecule has 0 amide bonds. The standard InChI is InChI=1S/C23H21NO4.ClH/c1-27-21-13-9-17(15-22(21)28-2)8-12-20-5-3-4-14-24(20)16-18-6-10-19(11-7-18)23(25)26;/h3-15H,16H2,1-2H3;1H/b12-8+;. The lowest BCUT2D eigenvalue weighted by Crippen LogP contribution is -3.00. The third-order valence-electron chi connectivity index (χ3n) is 4.38. The Kier molecular flexibility index (Phi) is 7.80. The predicted molar refractivity (Wildman–Crippen MR) is 108 cm³/mol. The van der Waals surface area contributed by atoms with Crippen molar-refractivity contribution in [2.45, 2.75) is 6.54 Å². The number of hydrogen-bond donors (Lipinski definition) is 1. The third kappa shape index (κ3) is 5.59. The Labute approximate surface area is 176 Å². The minimum absolute atomic E-state index is 0. The smallest absolute Gasteiger partial charge is 0.335 e. The normalized spacial score (nSPS) is 10.4. The van der Waals surface area contributed by atoms with Crippen LogP contribution in [0.4, 0.5) is 0 Å². The Morgan fingerprint density at radius 1 is 0.966 bits per heavy atom. The molecule has 0 saturated carbocycles. The molecule has 1 aromatic heterocycles. The van der Waals surface area contributed by atoms with Crippen molar-refractivity contribution >= 4 is 18.1 Å². The second-order valence-electron chi connectivity index (χ2n) is 6.20. The van der Waals surface area contributed by atoms with E-state index in [1.54, 1.807) is 26.4 Å². The van der Waals surface area contributed by atoms with Crippen molar-refractivity contribution in [1.29, 1.82) is 0 Å². The first-order valence-electron chi connectivity index (χ1n) is 8.81. The molecule has 150 valence electrons. The summed E-state index contributed by atoms with van der Waals surface area (Å²) in [6.07, 6.45) is 6.05. The first-order valence-corrected chi connectivity index (χ1v) is 8.81. The van der Waals surface area contributed by atoms with Gasteiger partial charge in [0.05, 0.1) is 19.8 Å². The molecular formula is C23H22ClNO4. The van der Waals surface area contributed by atoms with E-state index >= 15 is 0 Å². The summed E-state index contributed by atoms with van der Waals surface area (Å²) >= 11 is 0. The summed E-state index contributed by atoms with van der Waals surface area (Å²) in [6.45, 7) is 0.645. The van der Waals surface area contributed by atoms with Crippen molar-refractivity contribution in [3.63, 3.8) is 0 Å². The molecule has 0 radical (unpaired) electrons. The maximum absolute atomic E-state index is 11.0. The zero-order chi connectivity index (χ0) is 19.9. The molecule has 1 heterocycles. The Hall–Kier alpha value is -3.31. The lowest BCUT2D eigenvalue weighted by molar-refractivity contribution is -0.690. The number of carboxylic acid groups (broad SMARTS) is 1. The van der Waals surface area contributed by atoms with Gasteiger partial charge in [0.1, 0.15) is 0 Å². The molecule has 0 bridgehead atoms. The van der Waals surface area contributed by atoms with E-state index < -0.39 is 5.97 Å². The fourth-order valence-electron chi connectivity index (χ4n) is 2.87. The largest absolute Gasteiger partial charge is 1.00 e. The van der Waals surface area contributed by atoms with Crippen molar-refractivity contribution in [2.24, 2.45) is 0 Å². The van der Waals surface area contributed by atoms with E-state index in [1.165, 1.54) is 0 Å². The van der Waals surface area contributed by atoms with Gasteiger partial charge in [-0.05, 0) is 42.0 Å². The van der Waals surface area contributed by atoms with E-state index in [0.717, 1.165) is 16.8 Å². The average molecular weight is 412 g/mol. The Balaban J connectivity index is 0.00000300. The summed E-state index contributed by atoms with van der Waals surface area (Å²) in [6, 6.07) is 18.7. The fraction of sp³-hybridized carbons (Fsp3) is 0.130. The number of halogens is 1. The van der Waals surface area contributed by atoms with Gasteiger partial charge in [-0.2, -0.15) is 4.57 Å². The van der Waals surface area contributed by atoms with Crippen molar-refractivity contribution < 1.29 is 36.3 Å². The van der Waals surface area contributed by atoms with Gasteiger partial charge in [-0.1, -0.05) is 18.2 Å². The van der Waals surface area contributed by atoms with Crippen LogP contribution in [0, 0.1) is 0 Å². The summed E-state index contributed by atoms with van der Waals surface area (Å²) in [4.78, 5) is 11.0. The molecular weight excluding hydrogens is 390 g/mol. The number of hydrogen-bond acceptors (Lipinski definition) is 3. The number of pyridine rings is 1. The third-order valence-corrected chi connectivity index (χ3v) is 4.38. The van der Waals surface area contributed by atoms with Crippen molar-refractivity contribution in [2.75, 3.05) is 14.2 Å². The summed E-state index contributed by atoms with van der Waals surface area (Å²) in [5, 5.41) is 9.03. The van der Waals surface area contributed by atoms with Gasteiger partial charge in [0.2, 0.25) is 5.69 Å². The molecule has 2 aromatic carbocycles. The van der Waals surface area contributed by atoms with Crippen LogP contribution in [0.15, 0.2) is 66.9 Å². The number of rotatable bonds is 7. The topological polar surface area (TPSA) is 59.6 Å². The zero-order valence-electron chi connectivity index (χ0n) is 16.2. The molecule has 0 unspecified atom stereocenters. The van der Waals surface area contributed by atoms with Gasteiger partial charge < -0.3 is 27.0 Å². The highest BCUT2D eigenvalue weighted by molar-refractivity contribution is 5.87. The van der Waals surface area contributed by atoms with E-state index in [4.69, 9.17) is 14.6 Å². The highest BCUT2D eigenvalue weighted by atomic mass is 35.5. The molecule has 0 aliphatic heterocycles. The summed E-state index contributed by atoms with van der Waals surface area (Å²) in [7, 11) is 3.23. The number of methoxy groups -OCH3 is 2. The number of aromatic carboxylic acids is 1. The molecule has 6 heteroatoms. The quantitative estimate of drug-likeness (QED) is 0.587. The van der Waals surface area contributed by atoms with Crippen LogP contribution in [-0.2, 0) is 6.54 Å². The van der Waals surface area contributed by atoms with Crippen molar-refractivity contribution in [3.8, 4) is 11.5 Å². The molecule has 0 saturated heterocycles. The molecule has 0 spiro atoms. The van der Waals surface area contributed by atoms with Crippen LogP contribution in [0.2, 0.25) is 0 Å². The number of aromatic nitrogens is 1. The average Bonchev–Trinajstić information content (AvgIpc) is 2.73. The lowest BCUT2D eigenvalue weighted by Gasteiger charge is -2.07. The van der Waals surface area contributed by atoms with Gasteiger partial charge in [-0.15, -0.1) is 0 Å². The van der Waals surface area contributed by atoms with Gasteiger partial charge in [0, 0.05) is 23.8 Å². The SMILES string of the molecule is COc1ccc(/C=C/c2cccc[n+]2Cc2ccc(C(=O)O)cc2)cc1OC.[Cl-]. The fourth-order valence-corrected chi connectivity index (χ4v) is 2.87. The second-order valence-corrected chi connectivity index (χ2v) is 6.20. The molecule has 29 heavy (non-hydrogen) atoms. The Morgan fingerprint density at radius 2 is 1.69 bits per heavy atom. The molecule has 3 aromatic rings. The number of ether oxygens (including phenoxy) is 2. The van der Waals surface area contributed by atoms with Crippen LogP contribution in [-0.4, -0.2) is 25.3 Å². The highest BCUT2D eigenvalue weighted by Gasteiger charge is 2.10. The van der Waals surface area contributed by atoms with Crippen LogP contribution in [0.5, 0.6) is 11.5 Å². The van der Waals surface area contributed by atoms with Crippen molar-refractivity contribution in [3.05, 3.63) is 89.2 Å². The zero-order valence-corrected chi connectivity index (χ0v) is 17.0. The van der Waals surface area contributed by atoms with Crippen molar-refractivity contribution in [1.82, 2.24) is 0 Å². The maximum Gasteiger partial charge on any atom is 0.335 e. The number of nitrogens with zero attached hydrogens (tertiary/aromatic N) is 1. The first kappa shape index (κ1) is 22.0. The van der Waals surface area contributed by atoms with E-state index in [0.29, 0.717) is 18.0 Å². The van der Waals surface area contributed by atoms with Crippen LogP contribution in [0.25, 0.3) is 12.2 Å². The Bertz CT molecular complexity index is 1000. The van der Waals surface area contributed by atoms with Gasteiger partial charge in [0.25, 0.3) is 0 Å². The molecule has 3 rings (SSSR count). The minimum atomic E-state index is -0.919. The molecule has 0 aliphatic rings. The van der Waals surface area contributed by atoms with Gasteiger partial charge in [-0.3, -0.25) is 0 Å². The first-order chi connectivity index (χ1) is 13.6. The van der Waals surface area contributed by atoms with Crippen LogP contribution >= 0.6 is 0 Å². The molecule has 5 nitrogen and oxygen atoms in total. The minimum Gasteiger partial charge on any atom is -1.00 e. The summed E-state index contributed by atoms with van der Waals surface area (Å²) in [5.74, 6) is 0.459. The van der Waals surface area contributed by atoms with Crippen LogP contribution < -0.4 is 26.4 Å². The Morgan fingerprint density at radius 3 is 2.34 bits per heavy atom. The number of carboxylic acids is 1. The summed E-state index contributed by atoms with van der Waals surface area (Å²) in [5.41, 5.74) is 3.34. The molecule has 0 fully saturated rings. The van der Waals surface area contributed by atoms with Crippen LogP contribution in [0.3, 0.4) is 0 Å². The second kappa shape index (κ2) is 10.3. The molecule has 1 N–H and O–H groups in total. The van der Waals surface area contributed by atoms with Gasteiger partial charge in [-0.25, -0.2) is 4.79 Å². The monoisotopic (exact) mass is 411 g/mol. The van der Waals surface area contributed by atoms with E-state index in [9.17, 15) is 4.79 Å². The molecule has 0 atom stereocenters. The number of carbonyl (C=O) groups is 1. The lowest BCUT2D eigenvalue weighted by atomic mass is 10.1. The van der Waals surface area contributed by atoms with E-state index in [2.05, 4.69) is 4.57 Å². The summed E-state index contributed by atoms with van der Waals surface area (Å²) < 4.78 is 12.7. The van der Waals surface area contributed by atoms with E-state index in [-0.39, 0.29) is 18.0 Å². The predicted octanol–water partition coefficient (Wildman–Crippen LogP) is 0.912. The maximum atomic E-state index is 11.0. The van der Waals surface area contributed by atoms with Gasteiger partial charge in [0.15, 0.2) is 24.2 Å². The molecule has 0 aliphatic carbocycles. The van der Waals surface area contributed by atoms with E-state index in [1.807, 2.05) is 66.9 Å². The highest BCUT2D eigenvalue weighted by Crippen LogP contribution is 2.28.